The number of anilines is 2. The van der Waals surface area contributed by atoms with Crippen LogP contribution in [0, 0.1) is 0 Å². The van der Waals surface area contributed by atoms with Gasteiger partial charge < -0.3 is 19.0 Å². The number of methoxy groups -OCH3 is 1. The molecule has 4 aromatic rings. The van der Waals surface area contributed by atoms with E-state index in [-0.39, 0.29) is 0 Å². The van der Waals surface area contributed by atoms with E-state index in [1.54, 1.807) is 13.4 Å². The van der Waals surface area contributed by atoms with Crippen molar-refractivity contribution >= 4 is 28.1 Å². The van der Waals surface area contributed by atoms with E-state index in [9.17, 15) is 0 Å². The van der Waals surface area contributed by atoms with E-state index in [1.165, 1.54) is 0 Å². The molecule has 1 aliphatic rings. The summed E-state index contributed by atoms with van der Waals surface area (Å²) in [7, 11) is 1.65. The van der Waals surface area contributed by atoms with Crippen LogP contribution >= 0.6 is 0 Å². The number of rotatable bonds is 12. The molecule has 0 saturated carbocycles. The molecule has 1 fully saturated rings. The lowest BCUT2D eigenvalue weighted by Gasteiger charge is -2.26. The number of nitrogens with zero attached hydrogens (tertiary/aromatic N) is 3. The second-order valence-electron chi connectivity index (χ2n) is 9.59. The molecule has 0 spiro atoms. The lowest BCUT2D eigenvalue weighted by atomic mass is 10.1. The summed E-state index contributed by atoms with van der Waals surface area (Å²) in [4.78, 5) is 15.7. The van der Waals surface area contributed by atoms with Crippen LogP contribution in [0.15, 0.2) is 78.2 Å². The predicted molar refractivity (Wildman–Crippen MR) is 155 cm³/mol. The van der Waals surface area contributed by atoms with Crippen LogP contribution in [-0.4, -0.2) is 62.2 Å². The molecule has 3 aromatic carbocycles. The van der Waals surface area contributed by atoms with Gasteiger partial charge in [0.15, 0.2) is 17.0 Å². The SMILES string of the molecule is COc1cc2nc[nH+]c(Nc3ccc(/C(C)=N\OCc4ccccc4)cc3)c2cc1OCCCN1CCOCC1. The van der Waals surface area contributed by atoms with Gasteiger partial charge in [-0.1, -0.05) is 35.5 Å². The molecule has 9 heteroatoms. The Morgan fingerprint density at radius 3 is 2.62 bits per heavy atom. The Hall–Kier alpha value is -4.21. The van der Waals surface area contributed by atoms with Gasteiger partial charge in [0.1, 0.15) is 6.61 Å². The third-order valence-corrected chi connectivity index (χ3v) is 6.79. The number of hydrogen-bond donors (Lipinski definition) is 1. The number of aromatic nitrogens is 2. The normalized spacial score (nSPS) is 14.2. The highest BCUT2D eigenvalue weighted by molar-refractivity contribution is 5.98. The third-order valence-electron chi connectivity index (χ3n) is 6.79. The summed E-state index contributed by atoms with van der Waals surface area (Å²) in [6, 6.07) is 21.9. The van der Waals surface area contributed by atoms with Gasteiger partial charge in [0.25, 0.3) is 0 Å². The zero-order valence-electron chi connectivity index (χ0n) is 23.1. The number of H-pyrrole nitrogens is 1. The molecule has 0 atom stereocenters. The molecule has 40 heavy (non-hydrogen) atoms. The number of benzene rings is 3. The van der Waals surface area contributed by atoms with Crippen molar-refractivity contribution in [1.29, 1.82) is 0 Å². The molecular formula is C31H36N5O4+. The van der Waals surface area contributed by atoms with Crippen molar-refractivity contribution in [3.05, 3.63) is 84.2 Å². The second-order valence-corrected chi connectivity index (χ2v) is 9.59. The monoisotopic (exact) mass is 542 g/mol. The van der Waals surface area contributed by atoms with E-state index in [2.05, 4.69) is 25.3 Å². The zero-order chi connectivity index (χ0) is 27.6. The first-order valence-electron chi connectivity index (χ1n) is 13.6. The summed E-state index contributed by atoms with van der Waals surface area (Å²) >= 11 is 0. The fourth-order valence-electron chi connectivity index (χ4n) is 4.54. The Morgan fingerprint density at radius 2 is 1.85 bits per heavy atom. The highest BCUT2D eigenvalue weighted by Gasteiger charge is 2.16. The molecule has 0 aliphatic carbocycles. The number of oxime groups is 1. The minimum absolute atomic E-state index is 0.438. The average molecular weight is 543 g/mol. The number of nitrogens with one attached hydrogen (secondary N) is 2. The van der Waals surface area contributed by atoms with Crippen LogP contribution in [0.5, 0.6) is 11.5 Å². The number of hydrogen-bond acceptors (Lipinski definition) is 8. The van der Waals surface area contributed by atoms with E-state index in [0.717, 1.165) is 78.5 Å². The number of aromatic amines is 1. The molecule has 0 bridgehead atoms. The lowest BCUT2D eigenvalue weighted by molar-refractivity contribution is -0.363. The first-order valence-corrected chi connectivity index (χ1v) is 13.6. The maximum absolute atomic E-state index is 6.16. The standard InChI is InChI=1S/C31H35N5O4/c1-23(35-40-21-24-7-4-3-5-8-24)25-9-11-26(12-10-25)34-31-27-19-30(29(37-2)20-28(27)32-22-33-31)39-16-6-13-36-14-17-38-18-15-36/h3-5,7-12,19-20,22H,6,13-18,21H2,1-2H3,(H,32,33,34)/p+1/b35-23-. The Kier molecular flexibility index (Phi) is 9.39. The van der Waals surface area contributed by atoms with E-state index in [0.29, 0.717) is 24.7 Å². The third kappa shape index (κ3) is 7.25. The van der Waals surface area contributed by atoms with E-state index in [1.807, 2.05) is 73.7 Å². The van der Waals surface area contributed by atoms with Crippen molar-refractivity contribution in [3.8, 4) is 11.5 Å². The van der Waals surface area contributed by atoms with Crippen LogP contribution < -0.4 is 19.8 Å². The van der Waals surface area contributed by atoms with Crippen molar-refractivity contribution in [3.63, 3.8) is 0 Å². The number of ether oxygens (including phenoxy) is 3. The maximum Gasteiger partial charge on any atom is 0.234 e. The summed E-state index contributed by atoms with van der Waals surface area (Å²) in [5.41, 5.74) is 4.60. The fourth-order valence-corrected chi connectivity index (χ4v) is 4.54. The van der Waals surface area contributed by atoms with Crippen molar-refractivity contribution in [2.75, 3.05) is 51.9 Å². The first kappa shape index (κ1) is 27.4. The molecular weight excluding hydrogens is 506 g/mol. The minimum Gasteiger partial charge on any atom is -0.493 e. The molecule has 2 N–H and O–H groups in total. The van der Waals surface area contributed by atoms with Crippen LogP contribution in [0.25, 0.3) is 10.9 Å². The molecule has 0 amide bonds. The first-order chi connectivity index (χ1) is 19.7. The smallest absolute Gasteiger partial charge is 0.234 e. The van der Waals surface area contributed by atoms with Gasteiger partial charge in [0.2, 0.25) is 12.1 Å². The molecule has 1 aromatic heterocycles. The molecule has 2 heterocycles. The van der Waals surface area contributed by atoms with Gasteiger partial charge in [-0.05, 0) is 48.7 Å². The maximum atomic E-state index is 6.16. The van der Waals surface area contributed by atoms with E-state index >= 15 is 0 Å². The van der Waals surface area contributed by atoms with Gasteiger partial charge in [0.05, 0.1) is 43.7 Å². The Labute approximate surface area is 234 Å². The van der Waals surface area contributed by atoms with Crippen LogP contribution in [-0.2, 0) is 16.2 Å². The number of morpholine rings is 1. The molecule has 208 valence electrons. The van der Waals surface area contributed by atoms with E-state index < -0.39 is 0 Å². The average Bonchev–Trinajstić information content (AvgIpc) is 3.00. The van der Waals surface area contributed by atoms with Crippen molar-refractivity contribution in [2.45, 2.75) is 20.0 Å². The Bertz CT molecular complexity index is 1410. The van der Waals surface area contributed by atoms with Crippen LogP contribution in [0.1, 0.15) is 24.5 Å². The minimum atomic E-state index is 0.438. The van der Waals surface area contributed by atoms with E-state index in [4.69, 9.17) is 19.0 Å². The van der Waals surface area contributed by atoms with Gasteiger partial charge in [-0.15, -0.1) is 4.98 Å². The Balaban J connectivity index is 1.23. The molecule has 0 radical (unpaired) electrons. The van der Waals surface area contributed by atoms with Crippen LogP contribution in [0.2, 0.25) is 0 Å². The van der Waals surface area contributed by atoms with Gasteiger partial charge >= 0.3 is 0 Å². The summed E-state index contributed by atoms with van der Waals surface area (Å²) < 4.78 is 17.2. The van der Waals surface area contributed by atoms with Crippen molar-refractivity contribution in [1.82, 2.24) is 9.88 Å². The van der Waals surface area contributed by atoms with Crippen molar-refractivity contribution in [2.24, 2.45) is 5.16 Å². The van der Waals surface area contributed by atoms with Gasteiger partial charge in [-0.25, -0.2) is 4.98 Å². The molecule has 5 rings (SSSR count). The van der Waals surface area contributed by atoms with Crippen molar-refractivity contribution < 1.29 is 24.0 Å². The summed E-state index contributed by atoms with van der Waals surface area (Å²) in [6.07, 6.45) is 2.60. The van der Waals surface area contributed by atoms with Crippen LogP contribution in [0.4, 0.5) is 11.5 Å². The van der Waals surface area contributed by atoms with Gasteiger partial charge in [0, 0.05) is 31.8 Å². The van der Waals surface area contributed by atoms with Gasteiger partial charge in [-0.3, -0.25) is 10.2 Å². The topological polar surface area (TPSA) is 91.6 Å². The molecule has 9 nitrogen and oxygen atoms in total. The highest BCUT2D eigenvalue weighted by Crippen LogP contribution is 2.34. The fraction of sp³-hybridized carbons (Fsp3) is 0.323. The predicted octanol–water partition coefficient (Wildman–Crippen LogP) is 4.84. The highest BCUT2D eigenvalue weighted by atomic mass is 16.6. The quantitative estimate of drug-likeness (QED) is 0.156. The summed E-state index contributed by atoms with van der Waals surface area (Å²) in [6.45, 7) is 7.52. The second kappa shape index (κ2) is 13.7. The van der Waals surface area contributed by atoms with Gasteiger partial charge in [-0.2, -0.15) is 0 Å². The number of fused-ring (bicyclic) bond motifs is 1. The summed E-state index contributed by atoms with van der Waals surface area (Å²) in [5.74, 6) is 2.17. The lowest BCUT2D eigenvalue weighted by Crippen LogP contribution is -2.37. The summed E-state index contributed by atoms with van der Waals surface area (Å²) in [5, 5.41) is 8.65. The Morgan fingerprint density at radius 1 is 1.05 bits per heavy atom. The largest absolute Gasteiger partial charge is 0.493 e. The molecule has 0 unspecified atom stereocenters. The molecule has 1 aliphatic heterocycles. The van der Waals surface area contributed by atoms with Crippen LogP contribution in [0.3, 0.4) is 0 Å². The zero-order valence-corrected chi connectivity index (χ0v) is 23.1. The molecule has 1 saturated heterocycles.